The number of halogens is 1. The molecular weight excluding hydrogens is 456 g/mol. The van der Waals surface area contributed by atoms with E-state index in [4.69, 9.17) is 21.1 Å². The normalized spacial score (nSPS) is 14.6. The van der Waals surface area contributed by atoms with E-state index in [1.165, 1.54) is 0 Å². The molecule has 10 heteroatoms. The summed E-state index contributed by atoms with van der Waals surface area (Å²) in [6, 6.07) is 13.2. The molecule has 3 amide bonds. The number of imide groups is 1. The van der Waals surface area contributed by atoms with Crippen molar-refractivity contribution in [3.05, 3.63) is 64.0 Å². The van der Waals surface area contributed by atoms with Crippen LogP contribution in [0.1, 0.15) is 12.5 Å². The molecule has 1 heterocycles. The third kappa shape index (κ3) is 6.35. The number of amides is 3. The molecule has 2 aromatic rings. The van der Waals surface area contributed by atoms with E-state index in [1.807, 2.05) is 0 Å². The Morgan fingerprint density at radius 2 is 1.91 bits per heavy atom. The van der Waals surface area contributed by atoms with E-state index in [2.05, 4.69) is 5.32 Å². The molecule has 0 aromatic heterocycles. The lowest BCUT2D eigenvalue weighted by atomic mass is 10.2. The quantitative estimate of drug-likeness (QED) is 0.456. The zero-order valence-corrected chi connectivity index (χ0v) is 18.6. The SMILES string of the molecule is CCOC(=O)COc1ccc(/C=C2\SC(=O)N(CC(=O)Nc3cccc(Cl)c3)C2=O)cc1. The number of hydrogen-bond donors (Lipinski definition) is 1. The molecule has 166 valence electrons. The van der Waals surface area contributed by atoms with Gasteiger partial charge in [-0.25, -0.2) is 4.79 Å². The van der Waals surface area contributed by atoms with Crippen LogP contribution in [-0.2, 0) is 19.1 Å². The summed E-state index contributed by atoms with van der Waals surface area (Å²) in [4.78, 5) is 49.5. The number of ether oxygens (including phenoxy) is 2. The second-order valence-electron chi connectivity index (χ2n) is 6.49. The van der Waals surface area contributed by atoms with Crippen molar-refractivity contribution in [1.82, 2.24) is 4.90 Å². The number of benzene rings is 2. The van der Waals surface area contributed by atoms with Crippen LogP contribution in [0.4, 0.5) is 10.5 Å². The van der Waals surface area contributed by atoms with Gasteiger partial charge in [-0.05, 0) is 60.7 Å². The lowest BCUT2D eigenvalue weighted by Gasteiger charge is -2.12. The summed E-state index contributed by atoms with van der Waals surface area (Å²) >= 11 is 6.64. The highest BCUT2D eigenvalue weighted by atomic mass is 35.5. The summed E-state index contributed by atoms with van der Waals surface area (Å²) < 4.78 is 10.1. The number of anilines is 1. The van der Waals surface area contributed by atoms with Gasteiger partial charge in [0.15, 0.2) is 6.61 Å². The van der Waals surface area contributed by atoms with Crippen molar-refractivity contribution in [3.8, 4) is 5.75 Å². The first-order valence-electron chi connectivity index (χ1n) is 9.55. The number of carbonyl (C=O) groups is 4. The molecule has 1 fully saturated rings. The molecule has 1 N–H and O–H groups in total. The molecule has 0 aliphatic carbocycles. The lowest BCUT2D eigenvalue weighted by molar-refractivity contribution is -0.145. The van der Waals surface area contributed by atoms with Crippen molar-refractivity contribution in [3.63, 3.8) is 0 Å². The fourth-order valence-corrected chi connectivity index (χ4v) is 3.73. The Bertz CT molecular complexity index is 1070. The Hall–Kier alpha value is -3.30. The van der Waals surface area contributed by atoms with Gasteiger partial charge in [0.2, 0.25) is 5.91 Å². The van der Waals surface area contributed by atoms with Gasteiger partial charge >= 0.3 is 5.97 Å². The largest absolute Gasteiger partial charge is 0.482 e. The number of nitrogens with zero attached hydrogens (tertiary/aromatic N) is 1. The molecule has 0 radical (unpaired) electrons. The molecule has 0 atom stereocenters. The number of nitrogens with one attached hydrogen (secondary N) is 1. The number of carbonyl (C=O) groups excluding carboxylic acids is 4. The molecule has 0 unspecified atom stereocenters. The van der Waals surface area contributed by atoms with Gasteiger partial charge in [0.05, 0.1) is 11.5 Å². The molecule has 0 spiro atoms. The highest BCUT2D eigenvalue weighted by Crippen LogP contribution is 2.32. The standard InChI is InChI=1S/C22H19ClN2O6S/c1-2-30-20(27)13-31-17-8-6-14(7-9-17)10-18-21(28)25(22(29)32-18)12-19(26)24-16-5-3-4-15(23)11-16/h3-11H,2,12-13H2,1H3,(H,24,26)/b18-10-. The predicted octanol–water partition coefficient (Wildman–Crippen LogP) is 3.96. The molecule has 2 aromatic carbocycles. The first kappa shape index (κ1) is 23.4. The number of esters is 1. The highest BCUT2D eigenvalue weighted by Gasteiger charge is 2.36. The summed E-state index contributed by atoms with van der Waals surface area (Å²) in [7, 11) is 0. The van der Waals surface area contributed by atoms with E-state index in [0.717, 1.165) is 16.7 Å². The average molecular weight is 475 g/mol. The van der Waals surface area contributed by atoms with Crippen LogP contribution in [0.3, 0.4) is 0 Å². The molecule has 0 saturated carbocycles. The van der Waals surface area contributed by atoms with Gasteiger partial charge in [0.25, 0.3) is 11.1 Å². The summed E-state index contributed by atoms with van der Waals surface area (Å²) in [6.07, 6.45) is 1.55. The zero-order valence-electron chi connectivity index (χ0n) is 17.0. The van der Waals surface area contributed by atoms with Crippen LogP contribution in [-0.4, -0.2) is 47.7 Å². The van der Waals surface area contributed by atoms with Gasteiger partial charge in [0, 0.05) is 10.7 Å². The fourth-order valence-electron chi connectivity index (χ4n) is 2.70. The van der Waals surface area contributed by atoms with Crippen LogP contribution < -0.4 is 10.1 Å². The molecule has 1 saturated heterocycles. The van der Waals surface area contributed by atoms with Gasteiger partial charge in [-0.2, -0.15) is 0 Å². The monoisotopic (exact) mass is 474 g/mol. The van der Waals surface area contributed by atoms with Crippen molar-refractivity contribution in [2.45, 2.75) is 6.92 Å². The summed E-state index contributed by atoms with van der Waals surface area (Å²) in [5, 5.41) is 2.53. The maximum Gasteiger partial charge on any atom is 0.344 e. The van der Waals surface area contributed by atoms with Gasteiger partial charge in [-0.1, -0.05) is 29.8 Å². The van der Waals surface area contributed by atoms with Crippen LogP contribution >= 0.6 is 23.4 Å². The van der Waals surface area contributed by atoms with Crippen LogP contribution in [0.5, 0.6) is 5.75 Å². The maximum absolute atomic E-state index is 12.6. The average Bonchev–Trinajstić information content (AvgIpc) is 3.01. The first-order valence-corrected chi connectivity index (χ1v) is 10.7. The Morgan fingerprint density at radius 1 is 1.16 bits per heavy atom. The van der Waals surface area contributed by atoms with E-state index in [-0.39, 0.29) is 18.1 Å². The van der Waals surface area contributed by atoms with Gasteiger partial charge in [-0.3, -0.25) is 19.3 Å². The molecule has 0 bridgehead atoms. The Labute approximate surface area is 193 Å². The zero-order chi connectivity index (χ0) is 23.1. The molecule has 8 nitrogen and oxygen atoms in total. The van der Waals surface area contributed by atoms with Crippen molar-refractivity contribution >= 4 is 58.1 Å². The second-order valence-corrected chi connectivity index (χ2v) is 7.92. The third-order valence-electron chi connectivity index (χ3n) is 4.12. The Morgan fingerprint density at radius 3 is 2.59 bits per heavy atom. The molecule has 1 aliphatic heterocycles. The van der Waals surface area contributed by atoms with Gasteiger partial charge < -0.3 is 14.8 Å². The van der Waals surface area contributed by atoms with Crippen LogP contribution in [0.25, 0.3) is 6.08 Å². The molecule has 3 rings (SSSR count). The molecular formula is C22H19ClN2O6S. The van der Waals surface area contributed by atoms with Crippen molar-refractivity contribution in [2.75, 3.05) is 25.1 Å². The van der Waals surface area contributed by atoms with Crippen molar-refractivity contribution < 1.29 is 28.7 Å². The molecule has 1 aliphatic rings. The van der Waals surface area contributed by atoms with Crippen LogP contribution in [0, 0.1) is 0 Å². The van der Waals surface area contributed by atoms with Crippen molar-refractivity contribution in [1.29, 1.82) is 0 Å². The smallest absolute Gasteiger partial charge is 0.344 e. The summed E-state index contributed by atoms with van der Waals surface area (Å²) in [6.45, 7) is 1.37. The maximum atomic E-state index is 12.6. The summed E-state index contributed by atoms with van der Waals surface area (Å²) in [5.41, 5.74) is 1.12. The third-order valence-corrected chi connectivity index (χ3v) is 5.27. The fraction of sp³-hybridized carbons (Fsp3) is 0.182. The van der Waals surface area contributed by atoms with Crippen molar-refractivity contribution in [2.24, 2.45) is 0 Å². The van der Waals surface area contributed by atoms with Gasteiger partial charge in [0.1, 0.15) is 12.3 Å². The topological polar surface area (TPSA) is 102 Å². The van der Waals surface area contributed by atoms with Gasteiger partial charge in [-0.15, -0.1) is 0 Å². The van der Waals surface area contributed by atoms with E-state index < -0.39 is 29.6 Å². The van der Waals surface area contributed by atoms with E-state index in [9.17, 15) is 19.2 Å². The highest BCUT2D eigenvalue weighted by molar-refractivity contribution is 8.18. The van der Waals surface area contributed by atoms with E-state index in [0.29, 0.717) is 22.0 Å². The van der Waals surface area contributed by atoms with Crippen LogP contribution in [0.2, 0.25) is 5.02 Å². The number of hydrogen-bond acceptors (Lipinski definition) is 7. The Balaban J connectivity index is 1.59. The van der Waals surface area contributed by atoms with E-state index in [1.54, 1.807) is 61.5 Å². The van der Waals surface area contributed by atoms with E-state index >= 15 is 0 Å². The number of rotatable bonds is 8. The number of thioether (sulfide) groups is 1. The summed E-state index contributed by atoms with van der Waals surface area (Å²) in [5.74, 6) is -1.08. The van der Waals surface area contributed by atoms with Crippen LogP contribution in [0.15, 0.2) is 53.4 Å². The molecule has 32 heavy (non-hydrogen) atoms. The minimum atomic E-state index is -0.552. The minimum Gasteiger partial charge on any atom is -0.482 e. The lowest BCUT2D eigenvalue weighted by Crippen LogP contribution is -2.36. The predicted molar refractivity (Wildman–Crippen MR) is 121 cm³/mol. The first-order chi connectivity index (χ1) is 15.4. The minimum absolute atomic E-state index is 0.200. The second kappa shape index (κ2) is 10.8. The Kier molecular flexibility index (Phi) is 7.91.